The number of methoxy groups -OCH3 is 1. The molecule has 1 aliphatic carbocycles. The standard InChI is InChI=1S/C28H26ClF4N3O4/c1-39-24-10-16(3-7-23(24)40-19-4-5-19)26(37)35-14-27(38,28(31,32)33)25-11-17(18-12-34-13-18)9-22(36-25)15-2-6-21(30)20(29)8-15/h2-3,6-11,18-19,34,38H,4-5,12-14H2,1H3,(H,35,37). The van der Waals surface area contributed by atoms with Crippen LogP contribution >= 0.6 is 11.6 Å². The highest BCUT2D eigenvalue weighted by molar-refractivity contribution is 6.31. The van der Waals surface area contributed by atoms with Gasteiger partial charge in [0.2, 0.25) is 5.60 Å². The third kappa shape index (κ3) is 5.72. The predicted octanol–water partition coefficient (Wildman–Crippen LogP) is 4.96. The van der Waals surface area contributed by atoms with Crippen molar-refractivity contribution in [3.8, 4) is 22.8 Å². The molecule has 1 saturated heterocycles. The fourth-order valence-electron chi connectivity index (χ4n) is 4.24. The van der Waals surface area contributed by atoms with Gasteiger partial charge in [0, 0.05) is 30.1 Å². The number of halogens is 5. The lowest BCUT2D eigenvalue weighted by Gasteiger charge is -2.33. The quantitative estimate of drug-likeness (QED) is 0.311. The van der Waals surface area contributed by atoms with E-state index in [-0.39, 0.29) is 39.6 Å². The number of nitrogens with one attached hydrogen (secondary N) is 2. The van der Waals surface area contributed by atoms with Crippen LogP contribution in [0.1, 0.15) is 40.4 Å². The molecule has 2 aliphatic rings. The van der Waals surface area contributed by atoms with E-state index in [1.807, 2.05) is 0 Å². The second-order valence-electron chi connectivity index (χ2n) is 9.88. The molecule has 3 aromatic rings. The van der Waals surface area contributed by atoms with Crippen LogP contribution in [0, 0.1) is 5.82 Å². The van der Waals surface area contributed by atoms with Gasteiger partial charge in [0.15, 0.2) is 11.5 Å². The van der Waals surface area contributed by atoms with Crippen molar-refractivity contribution in [2.24, 2.45) is 0 Å². The molecule has 12 heteroatoms. The van der Waals surface area contributed by atoms with Crippen molar-refractivity contribution in [3.05, 3.63) is 76.2 Å². The summed E-state index contributed by atoms with van der Waals surface area (Å²) in [6.07, 6.45) is -3.32. The van der Waals surface area contributed by atoms with Crippen LogP contribution in [0.4, 0.5) is 17.6 Å². The third-order valence-electron chi connectivity index (χ3n) is 6.96. The van der Waals surface area contributed by atoms with Gasteiger partial charge in [-0.25, -0.2) is 9.37 Å². The molecule has 2 fully saturated rings. The monoisotopic (exact) mass is 579 g/mol. The molecule has 40 heavy (non-hydrogen) atoms. The molecule has 0 bridgehead atoms. The van der Waals surface area contributed by atoms with E-state index in [9.17, 15) is 27.5 Å². The molecule has 2 aromatic carbocycles. The first-order valence-corrected chi connectivity index (χ1v) is 13.0. The Labute approximate surface area is 232 Å². The number of hydrogen-bond donors (Lipinski definition) is 3. The van der Waals surface area contributed by atoms with Gasteiger partial charge < -0.3 is 25.2 Å². The molecule has 1 unspecified atom stereocenters. The molecule has 7 nitrogen and oxygen atoms in total. The summed E-state index contributed by atoms with van der Waals surface area (Å²) < 4.78 is 68.1. The fraction of sp³-hybridized carbons (Fsp3) is 0.357. The maximum absolute atomic E-state index is 14.5. The van der Waals surface area contributed by atoms with E-state index in [1.165, 1.54) is 43.5 Å². The molecule has 2 heterocycles. The number of rotatable bonds is 9. The lowest BCUT2D eigenvalue weighted by atomic mass is 9.88. The Bertz CT molecular complexity index is 1430. The second kappa shape index (κ2) is 10.9. The summed E-state index contributed by atoms with van der Waals surface area (Å²) in [5.41, 5.74) is -3.36. The number of amides is 1. The van der Waals surface area contributed by atoms with E-state index >= 15 is 0 Å². The maximum Gasteiger partial charge on any atom is 0.424 e. The van der Waals surface area contributed by atoms with Gasteiger partial charge in [0.05, 0.1) is 36.2 Å². The van der Waals surface area contributed by atoms with Gasteiger partial charge in [0.1, 0.15) is 5.82 Å². The summed E-state index contributed by atoms with van der Waals surface area (Å²) in [5, 5.41) is 16.1. The highest BCUT2D eigenvalue weighted by Crippen LogP contribution is 2.40. The first kappa shape index (κ1) is 28.1. The van der Waals surface area contributed by atoms with E-state index in [0.717, 1.165) is 18.9 Å². The average Bonchev–Trinajstić information content (AvgIpc) is 3.71. The summed E-state index contributed by atoms with van der Waals surface area (Å²) in [6, 6.07) is 10.7. The average molecular weight is 580 g/mol. The molecular weight excluding hydrogens is 554 g/mol. The number of alkyl halides is 3. The van der Waals surface area contributed by atoms with E-state index < -0.39 is 35.7 Å². The molecule has 1 saturated carbocycles. The molecule has 1 aromatic heterocycles. The third-order valence-corrected chi connectivity index (χ3v) is 7.25. The van der Waals surface area contributed by atoms with Gasteiger partial charge in [0.25, 0.3) is 5.91 Å². The Morgan fingerprint density at radius 3 is 2.48 bits per heavy atom. The van der Waals surface area contributed by atoms with E-state index in [0.29, 0.717) is 24.4 Å². The number of hydrogen-bond acceptors (Lipinski definition) is 6. The summed E-state index contributed by atoms with van der Waals surface area (Å²) in [5.74, 6) is -0.982. The molecule has 0 radical (unpaired) electrons. The summed E-state index contributed by atoms with van der Waals surface area (Å²) >= 11 is 5.90. The molecule has 212 valence electrons. The highest BCUT2D eigenvalue weighted by Gasteiger charge is 2.56. The van der Waals surface area contributed by atoms with Crippen LogP contribution in [0.15, 0.2) is 48.5 Å². The van der Waals surface area contributed by atoms with Gasteiger partial charge in [-0.3, -0.25) is 4.79 Å². The lowest BCUT2D eigenvalue weighted by Crippen LogP contribution is -2.51. The van der Waals surface area contributed by atoms with Crippen molar-refractivity contribution >= 4 is 17.5 Å². The van der Waals surface area contributed by atoms with Crippen molar-refractivity contribution in [3.63, 3.8) is 0 Å². The number of carbonyl (C=O) groups is 1. The molecular formula is C28H26ClF4N3O4. The molecule has 1 aliphatic heterocycles. The first-order chi connectivity index (χ1) is 19.0. The van der Waals surface area contributed by atoms with Crippen LogP contribution in [0.25, 0.3) is 11.3 Å². The van der Waals surface area contributed by atoms with Crippen molar-refractivity contribution in [2.75, 3.05) is 26.7 Å². The van der Waals surface area contributed by atoms with Gasteiger partial charge in [-0.1, -0.05) is 11.6 Å². The minimum atomic E-state index is -5.21. The Morgan fingerprint density at radius 2 is 1.88 bits per heavy atom. The molecule has 0 spiro atoms. The summed E-state index contributed by atoms with van der Waals surface area (Å²) in [6.45, 7) is -0.159. The largest absolute Gasteiger partial charge is 0.493 e. The minimum absolute atomic E-state index is 0.0217. The van der Waals surface area contributed by atoms with Crippen LogP contribution in [0.2, 0.25) is 5.02 Å². The topological polar surface area (TPSA) is 92.7 Å². The fourth-order valence-corrected chi connectivity index (χ4v) is 4.43. The van der Waals surface area contributed by atoms with Crippen molar-refractivity contribution in [1.82, 2.24) is 15.6 Å². The van der Waals surface area contributed by atoms with Crippen LogP contribution < -0.4 is 20.1 Å². The molecule has 1 atom stereocenters. The highest BCUT2D eigenvalue weighted by atomic mass is 35.5. The zero-order valence-corrected chi connectivity index (χ0v) is 22.1. The van der Waals surface area contributed by atoms with Crippen LogP contribution in [-0.2, 0) is 5.60 Å². The van der Waals surface area contributed by atoms with Crippen LogP contribution in [0.3, 0.4) is 0 Å². The number of ether oxygens (including phenoxy) is 2. The number of nitrogens with zero attached hydrogens (tertiary/aromatic N) is 1. The van der Waals surface area contributed by atoms with Gasteiger partial charge in [-0.2, -0.15) is 13.2 Å². The van der Waals surface area contributed by atoms with E-state index in [4.69, 9.17) is 21.1 Å². The lowest BCUT2D eigenvalue weighted by molar-refractivity contribution is -0.265. The minimum Gasteiger partial charge on any atom is -0.493 e. The van der Waals surface area contributed by atoms with Gasteiger partial charge in [-0.15, -0.1) is 0 Å². The Balaban J connectivity index is 1.46. The normalized spacial score (nSPS) is 17.1. The SMILES string of the molecule is COc1cc(C(=O)NCC(O)(c2cc(C3CNC3)cc(-c3ccc(F)c(Cl)c3)n2)C(F)(F)F)ccc1OC1CC1. The smallest absolute Gasteiger partial charge is 0.424 e. The van der Waals surface area contributed by atoms with Crippen molar-refractivity contribution < 1.29 is 36.9 Å². The maximum atomic E-state index is 14.5. The second-order valence-corrected chi connectivity index (χ2v) is 10.3. The van der Waals surface area contributed by atoms with E-state index in [2.05, 4.69) is 15.6 Å². The zero-order chi connectivity index (χ0) is 28.7. The Kier molecular flexibility index (Phi) is 7.64. The number of aromatic nitrogens is 1. The predicted molar refractivity (Wildman–Crippen MR) is 139 cm³/mol. The number of carbonyl (C=O) groups excluding carboxylic acids is 1. The van der Waals surface area contributed by atoms with Gasteiger partial charge in [-0.05, 0) is 66.9 Å². The molecule has 5 rings (SSSR count). The van der Waals surface area contributed by atoms with Crippen LogP contribution in [-0.4, -0.2) is 55.0 Å². The van der Waals surface area contributed by atoms with Gasteiger partial charge >= 0.3 is 6.18 Å². The number of aliphatic hydroxyl groups is 1. The number of pyridine rings is 1. The van der Waals surface area contributed by atoms with Crippen molar-refractivity contribution in [1.29, 1.82) is 0 Å². The summed E-state index contributed by atoms with van der Waals surface area (Å²) in [7, 11) is 1.39. The number of benzene rings is 2. The van der Waals surface area contributed by atoms with E-state index in [1.54, 1.807) is 6.07 Å². The zero-order valence-electron chi connectivity index (χ0n) is 21.3. The van der Waals surface area contributed by atoms with Crippen molar-refractivity contribution in [2.45, 2.75) is 36.6 Å². The molecule has 1 amide bonds. The Hall–Kier alpha value is -3.41. The Morgan fingerprint density at radius 1 is 1.12 bits per heavy atom. The summed E-state index contributed by atoms with van der Waals surface area (Å²) in [4.78, 5) is 17.0. The molecule has 3 N–H and O–H groups in total. The first-order valence-electron chi connectivity index (χ1n) is 12.6. The van der Waals surface area contributed by atoms with Crippen LogP contribution in [0.5, 0.6) is 11.5 Å².